The van der Waals surface area contributed by atoms with Crippen LogP contribution < -0.4 is 4.74 Å². The van der Waals surface area contributed by atoms with Gasteiger partial charge in [-0.1, -0.05) is 0 Å². The summed E-state index contributed by atoms with van der Waals surface area (Å²) in [6.45, 7) is 0.624. The zero-order valence-electron chi connectivity index (χ0n) is 7.74. The second-order valence-corrected chi connectivity index (χ2v) is 6.03. The van der Waals surface area contributed by atoms with Crippen molar-refractivity contribution in [3.05, 3.63) is 48.6 Å². The van der Waals surface area contributed by atoms with E-state index in [1.165, 1.54) is 8.45 Å². The van der Waals surface area contributed by atoms with Gasteiger partial charge in [0.05, 0.1) is 4.88 Å². The molecule has 0 N–H and O–H groups in total. The molecule has 15 heavy (non-hydrogen) atoms. The van der Waals surface area contributed by atoms with Crippen LogP contribution in [0.1, 0.15) is 4.88 Å². The Morgan fingerprint density at radius 2 is 1.93 bits per heavy atom. The van der Waals surface area contributed by atoms with Gasteiger partial charge in [-0.15, -0.1) is 11.3 Å². The van der Waals surface area contributed by atoms with Crippen LogP contribution in [-0.2, 0) is 6.61 Å². The Labute approximate surface area is 115 Å². The molecule has 0 aliphatic rings. The first-order chi connectivity index (χ1) is 7.25. The zero-order chi connectivity index (χ0) is 10.7. The third-order valence-electron chi connectivity index (χ3n) is 1.87. The standard InChI is InChI=1S/C11H8BrIOS/c12-10-5-6-15-11(10)7-14-9-3-1-8(13)2-4-9/h1-6H,7H2. The van der Waals surface area contributed by atoms with Gasteiger partial charge in [-0.05, 0) is 74.2 Å². The van der Waals surface area contributed by atoms with Crippen LogP contribution in [0.2, 0.25) is 0 Å². The van der Waals surface area contributed by atoms with E-state index in [0.717, 1.165) is 10.2 Å². The highest BCUT2D eigenvalue weighted by atomic mass is 127. The first-order valence-electron chi connectivity index (χ1n) is 4.36. The molecule has 0 atom stereocenters. The molecule has 1 aromatic heterocycles. The summed E-state index contributed by atoms with van der Waals surface area (Å²) in [5, 5.41) is 2.05. The van der Waals surface area contributed by atoms with Crippen molar-refractivity contribution in [1.29, 1.82) is 0 Å². The maximum Gasteiger partial charge on any atom is 0.124 e. The molecule has 1 heterocycles. The Hall–Kier alpha value is -0.0700. The van der Waals surface area contributed by atoms with Crippen LogP contribution in [0.5, 0.6) is 5.75 Å². The summed E-state index contributed by atoms with van der Waals surface area (Å²) >= 11 is 7.46. The van der Waals surface area contributed by atoms with Gasteiger partial charge in [0.2, 0.25) is 0 Å². The minimum atomic E-state index is 0.624. The van der Waals surface area contributed by atoms with Gasteiger partial charge in [-0.25, -0.2) is 0 Å². The van der Waals surface area contributed by atoms with Gasteiger partial charge in [0.1, 0.15) is 12.4 Å². The van der Waals surface area contributed by atoms with Crippen molar-refractivity contribution in [3.8, 4) is 5.75 Å². The molecule has 0 amide bonds. The molecule has 2 rings (SSSR count). The van der Waals surface area contributed by atoms with E-state index >= 15 is 0 Å². The van der Waals surface area contributed by atoms with Gasteiger partial charge in [0.25, 0.3) is 0 Å². The third-order valence-corrected chi connectivity index (χ3v) is 4.49. The lowest BCUT2D eigenvalue weighted by Gasteiger charge is -2.04. The Kier molecular flexibility index (Phi) is 4.05. The highest BCUT2D eigenvalue weighted by Crippen LogP contribution is 2.24. The van der Waals surface area contributed by atoms with Crippen LogP contribution in [-0.4, -0.2) is 0 Å². The fourth-order valence-electron chi connectivity index (χ4n) is 1.11. The molecule has 0 radical (unpaired) electrons. The van der Waals surface area contributed by atoms with Crippen LogP contribution in [0.25, 0.3) is 0 Å². The van der Waals surface area contributed by atoms with Crippen LogP contribution in [0.3, 0.4) is 0 Å². The van der Waals surface area contributed by atoms with Gasteiger partial charge in [-0.2, -0.15) is 0 Å². The Bertz CT molecular complexity index is 438. The summed E-state index contributed by atoms with van der Waals surface area (Å²) in [7, 11) is 0. The molecule has 0 aliphatic heterocycles. The summed E-state index contributed by atoms with van der Waals surface area (Å²) in [6.07, 6.45) is 0. The molecule has 78 valence electrons. The van der Waals surface area contributed by atoms with Crippen molar-refractivity contribution in [3.63, 3.8) is 0 Å². The topological polar surface area (TPSA) is 9.23 Å². The van der Waals surface area contributed by atoms with E-state index in [4.69, 9.17) is 4.74 Å². The summed E-state index contributed by atoms with van der Waals surface area (Å²) in [6, 6.07) is 10.1. The second kappa shape index (κ2) is 5.32. The van der Waals surface area contributed by atoms with Crippen LogP contribution in [0.4, 0.5) is 0 Å². The van der Waals surface area contributed by atoms with Gasteiger partial charge >= 0.3 is 0 Å². The van der Waals surface area contributed by atoms with Crippen molar-refractivity contribution in [2.45, 2.75) is 6.61 Å². The number of halogens is 2. The average Bonchev–Trinajstić information content (AvgIpc) is 2.63. The van der Waals surface area contributed by atoms with E-state index in [1.807, 2.05) is 30.3 Å². The van der Waals surface area contributed by atoms with Gasteiger partial charge in [-0.3, -0.25) is 0 Å². The van der Waals surface area contributed by atoms with Gasteiger partial charge in [0, 0.05) is 8.04 Å². The summed E-state index contributed by atoms with van der Waals surface area (Å²) < 4.78 is 8.01. The molecule has 0 saturated heterocycles. The van der Waals surface area contributed by atoms with Crippen LogP contribution >= 0.6 is 49.9 Å². The van der Waals surface area contributed by atoms with E-state index in [2.05, 4.69) is 43.9 Å². The molecule has 0 aliphatic carbocycles. The molecule has 0 bridgehead atoms. The normalized spacial score (nSPS) is 10.3. The summed E-state index contributed by atoms with van der Waals surface area (Å²) in [5.74, 6) is 0.913. The van der Waals surface area contributed by atoms with E-state index in [0.29, 0.717) is 6.61 Å². The van der Waals surface area contributed by atoms with E-state index in [9.17, 15) is 0 Å². The lowest BCUT2D eigenvalue weighted by Crippen LogP contribution is -1.93. The third kappa shape index (κ3) is 3.19. The molecule has 0 spiro atoms. The predicted octanol–water partition coefficient (Wildman–Crippen LogP) is 4.69. The summed E-state index contributed by atoms with van der Waals surface area (Å²) in [4.78, 5) is 1.22. The fourth-order valence-corrected chi connectivity index (χ4v) is 2.85. The number of thiophene rings is 1. The number of hydrogen-bond acceptors (Lipinski definition) is 2. The summed E-state index contributed by atoms with van der Waals surface area (Å²) in [5.41, 5.74) is 0. The highest BCUT2D eigenvalue weighted by molar-refractivity contribution is 14.1. The lowest BCUT2D eigenvalue weighted by molar-refractivity contribution is 0.309. The van der Waals surface area contributed by atoms with Crippen molar-refractivity contribution in [1.82, 2.24) is 0 Å². The van der Waals surface area contributed by atoms with Crippen molar-refractivity contribution < 1.29 is 4.74 Å². The van der Waals surface area contributed by atoms with Crippen molar-refractivity contribution in [2.24, 2.45) is 0 Å². The molecule has 1 aromatic carbocycles. The number of ether oxygens (including phenoxy) is 1. The smallest absolute Gasteiger partial charge is 0.124 e. The lowest BCUT2D eigenvalue weighted by atomic mass is 10.3. The molecule has 1 nitrogen and oxygen atoms in total. The van der Waals surface area contributed by atoms with Crippen molar-refractivity contribution in [2.75, 3.05) is 0 Å². The fraction of sp³-hybridized carbons (Fsp3) is 0.0909. The Morgan fingerprint density at radius 1 is 1.20 bits per heavy atom. The van der Waals surface area contributed by atoms with Crippen LogP contribution in [0.15, 0.2) is 40.2 Å². The van der Waals surface area contributed by atoms with E-state index in [1.54, 1.807) is 11.3 Å². The minimum absolute atomic E-state index is 0.624. The van der Waals surface area contributed by atoms with E-state index < -0.39 is 0 Å². The maximum absolute atomic E-state index is 5.66. The molecular formula is C11H8BrIOS. The first kappa shape index (κ1) is 11.4. The predicted molar refractivity (Wildman–Crippen MR) is 75.5 cm³/mol. The SMILES string of the molecule is Brc1ccsc1COc1ccc(I)cc1. The molecule has 0 saturated carbocycles. The van der Waals surface area contributed by atoms with Gasteiger partial charge < -0.3 is 4.74 Å². The quantitative estimate of drug-likeness (QED) is 0.686. The highest BCUT2D eigenvalue weighted by Gasteiger charge is 2.01. The second-order valence-electron chi connectivity index (χ2n) is 2.93. The molecule has 0 fully saturated rings. The molecule has 0 unspecified atom stereocenters. The zero-order valence-corrected chi connectivity index (χ0v) is 12.3. The number of rotatable bonds is 3. The first-order valence-corrected chi connectivity index (χ1v) is 7.11. The molecule has 4 heteroatoms. The Balaban J connectivity index is 1.99. The maximum atomic E-state index is 5.66. The number of hydrogen-bond donors (Lipinski definition) is 0. The Morgan fingerprint density at radius 3 is 2.53 bits per heavy atom. The minimum Gasteiger partial charge on any atom is -0.488 e. The monoisotopic (exact) mass is 394 g/mol. The molecule has 2 aromatic rings. The van der Waals surface area contributed by atoms with Crippen molar-refractivity contribution >= 4 is 49.9 Å². The average molecular weight is 395 g/mol. The van der Waals surface area contributed by atoms with Gasteiger partial charge in [0.15, 0.2) is 0 Å². The van der Waals surface area contributed by atoms with E-state index in [-0.39, 0.29) is 0 Å². The molecular weight excluding hydrogens is 387 g/mol. The largest absolute Gasteiger partial charge is 0.488 e. The van der Waals surface area contributed by atoms with Crippen LogP contribution in [0, 0.1) is 3.57 Å². The number of benzene rings is 1.